The largest absolute Gasteiger partial charge is 0.322 e. The van der Waals surface area contributed by atoms with Gasteiger partial charge >= 0.3 is 0 Å². The summed E-state index contributed by atoms with van der Waals surface area (Å²) in [6, 6.07) is 12.7. The summed E-state index contributed by atoms with van der Waals surface area (Å²) in [6.07, 6.45) is 0.818. The summed E-state index contributed by atoms with van der Waals surface area (Å²) in [5, 5.41) is 3.43. The molecule has 0 radical (unpaired) electrons. The van der Waals surface area contributed by atoms with Crippen molar-refractivity contribution in [3.8, 4) is 0 Å². The van der Waals surface area contributed by atoms with Gasteiger partial charge in [0.1, 0.15) is 0 Å². The van der Waals surface area contributed by atoms with Crippen molar-refractivity contribution >= 4 is 50.7 Å². The molecular formula is C15H12BrCl2NO. The van der Waals surface area contributed by atoms with Crippen LogP contribution in [-0.4, -0.2) is 11.8 Å². The van der Waals surface area contributed by atoms with Gasteiger partial charge in [0.2, 0.25) is 0 Å². The zero-order valence-corrected chi connectivity index (χ0v) is 13.6. The highest BCUT2D eigenvalue weighted by molar-refractivity contribution is 9.10. The van der Waals surface area contributed by atoms with Crippen molar-refractivity contribution in [2.24, 2.45) is 0 Å². The SMILES string of the molecule is O=C(Nc1ccc(CCCl)cc1)c1ccc(Cl)cc1Br. The lowest BCUT2D eigenvalue weighted by Gasteiger charge is -2.08. The Bertz CT molecular complexity index is 614. The fourth-order valence-corrected chi connectivity index (χ4v) is 2.82. The number of carbonyl (C=O) groups is 1. The monoisotopic (exact) mass is 371 g/mol. The number of rotatable bonds is 4. The van der Waals surface area contributed by atoms with Gasteiger partial charge in [-0.05, 0) is 58.2 Å². The van der Waals surface area contributed by atoms with Crippen molar-refractivity contribution in [2.75, 3.05) is 11.2 Å². The van der Waals surface area contributed by atoms with Crippen LogP contribution in [0.3, 0.4) is 0 Å². The molecule has 0 atom stereocenters. The number of nitrogens with one attached hydrogen (secondary N) is 1. The number of aryl methyl sites for hydroxylation is 1. The van der Waals surface area contributed by atoms with Gasteiger partial charge in [0.15, 0.2) is 0 Å². The van der Waals surface area contributed by atoms with E-state index in [1.54, 1.807) is 18.2 Å². The van der Waals surface area contributed by atoms with Gasteiger partial charge in [-0.1, -0.05) is 23.7 Å². The Morgan fingerprint density at radius 1 is 1.15 bits per heavy atom. The van der Waals surface area contributed by atoms with E-state index in [1.165, 1.54) is 0 Å². The van der Waals surface area contributed by atoms with E-state index >= 15 is 0 Å². The molecule has 1 N–H and O–H groups in total. The Kier molecular flexibility index (Phi) is 5.46. The minimum Gasteiger partial charge on any atom is -0.322 e. The lowest BCUT2D eigenvalue weighted by molar-refractivity contribution is 0.102. The van der Waals surface area contributed by atoms with Crippen LogP contribution in [0.25, 0.3) is 0 Å². The van der Waals surface area contributed by atoms with Gasteiger partial charge in [-0.25, -0.2) is 0 Å². The number of hydrogen-bond acceptors (Lipinski definition) is 1. The molecule has 0 aliphatic rings. The van der Waals surface area contributed by atoms with Crippen LogP contribution in [0.15, 0.2) is 46.9 Å². The van der Waals surface area contributed by atoms with E-state index in [4.69, 9.17) is 23.2 Å². The first kappa shape index (κ1) is 15.4. The molecule has 0 aliphatic carbocycles. The first-order valence-electron chi connectivity index (χ1n) is 6.01. The molecule has 2 nitrogen and oxygen atoms in total. The Morgan fingerprint density at radius 2 is 1.85 bits per heavy atom. The van der Waals surface area contributed by atoms with Crippen LogP contribution in [0.1, 0.15) is 15.9 Å². The molecule has 0 spiro atoms. The summed E-state index contributed by atoms with van der Waals surface area (Å²) < 4.78 is 0.668. The zero-order valence-electron chi connectivity index (χ0n) is 10.5. The second-order valence-corrected chi connectivity index (χ2v) is 5.88. The molecule has 20 heavy (non-hydrogen) atoms. The summed E-state index contributed by atoms with van der Waals surface area (Å²) in [4.78, 5) is 12.2. The van der Waals surface area contributed by atoms with E-state index in [9.17, 15) is 4.79 Å². The molecule has 0 aliphatic heterocycles. The number of hydrogen-bond donors (Lipinski definition) is 1. The van der Waals surface area contributed by atoms with Crippen molar-refractivity contribution in [3.05, 3.63) is 63.1 Å². The molecule has 0 unspecified atom stereocenters. The van der Waals surface area contributed by atoms with E-state index in [0.717, 1.165) is 17.7 Å². The van der Waals surface area contributed by atoms with Gasteiger partial charge in [-0.2, -0.15) is 0 Å². The van der Waals surface area contributed by atoms with Crippen LogP contribution in [-0.2, 0) is 6.42 Å². The van der Waals surface area contributed by atoms with Crippen LogP contribution in [0, 0.1) is 0 Å². The predicted molar refractivity (Wildman–Crippen MR) is 88.0 cm³/mol. The summed E-state index contributed by atoms with van der Waals surface area (Å²) in [6.45, 7) is 0. The third-order valence-electron chi connectivity index (χ3n) is 2.77. The molecule has 0 bridgehead atoms. The van der Waals surface area contributed by atoms with Gasteiger partial charge in [-0.15, -0.1) is 11.6 Å². The van der Waals surface area contributed by atoms with Crippen LogP contribution in [0.5, 0.6) is 0 Å². The number of halogens is 3. The fourth-order valence-electron chi connectivity index (χ4n) is 1.74. The molecule has 0 saturated heterocycles. The fraction of sp³-hybridized carbons (Fsp3) is 0.133. The summed E-state index contributed by atoms with van der Waals surface area (Å²) in [5.41, 5.74) is 2.43. The highest BCUT2D eigenvalue weighted by Gasteiger charge is 2.10. The van der Waals surface area contributed by atoms with Crippen LogP contribution >= 0.6 is 39.1 Å². The lowest BCUT2D eigenvalue weighted by atomic mass is 10.1. The molecule has 2 aromatic carbocycles. The highest BCUT2D eigenvalue weighted by atomic mass is 79.9. The summed E-state index contributed by atoms with van der Waals surface area (Å²) >= 11 is 14.9. The molecule has 2 rings (SSSR count). The standard InChI is InChI=1S/C15H12BrCl2NO/c16-14-9-11(18)3-6-13(14)15(20)19-12-4-1-10(2-5-12)7-8-17/h1-6,9H,7-8H2,(H,19,20). The molecule has 0 aromatic heterocycles. The highest BCUT2D eigenvalue weighted by Crippen LogP contribution is 2.22. The predicted octanol–water partition coefficient (Wildman–Crippen LogP) is 5.14. The first-order chi connectivity index (χ1) is 9.60. The number of carbonyl (C=O) groups excluding carboxylic acids is 1. The number of benzene rings is 2. The molecular weight excluding hydrogens is 361 g/mol. The Labute approximate surface area is 136 Å². The third kappa shape index (κ3) is 3.98. The smallest absolute Gasteiger partial charge is 0.256 e. The molecule has 0 heterocycles. The van der Waals surface area contributed by atoms with E-state index < -0.39 is 0 Å². The van der Waals surface area contributed by atoms with Gasteiger partial charge < -0.3 is 5.32 Å². The number of alkyl halides is 1. The van der Waals surface area contributed by atoms with Gasteiger partial charge in [-0.3, -0.25) is 4.79 Å². The van der Waals surface area contributed by atoms with E-state index in [-0.39, 0.29) is 5.91 Å². The molecule has 104 valence electrons. The van der Waals surface area contributed by atoms with Crippen molar-refractivity contribution < 1.29 is 4.79 Å². The Hall–Kier alpha value is -1.03. The number of anilines is 1. The van der Waals surface area contributed by atoms with Crippen LogP contribution in [0.2, 0.25) is 5.02 Å². The average molecular weight is 373 g/mol. The van der Waals surface area contributed by atoms with Gasteiger partial charge in [0, 0.05) is 21.1 Å². The lowest BCUT2D eigenvalue weighted by Crippen LogP contribution is -2.12. The van der Waals surface area contributed by atoms with Crippen molar-refractivity contribution in [2.45, 2.75) is 6.42 Å². The minimum atomic E-state index is -0.182. The minimum absolute atomic E-state index is 0.182. The molecule has 0 fully saturated rings. The Balaban J connectivity index is 2.11. The topological polar surface area (TPSA) is 29.1 Å². The van der Waals surface area contributed by atoms with E-state index in [2.05, 4.69) is 21.2 Å². The number of amides is 1. The molecule has 2 aromatic rings. The maximum atomic E-state index is 12.2. The summed E-state index contributed by atoms with van der Waals surface area (Å²) in [5.74, 6) is 0.405. The van der Waals surface area contributed by atoms with E-state index in [1.807, 2.05) is 24.3 Å². The second kappa shape index (κ2) is 7.11. The third-order valence-corrected chi connectivity index (χ3v) is 3.85. The molecule has 1 amide bonds. The van der Waals surface area contributed by atoms with Crippen LogP contribution < -0.4 is 5.32 Å². The maximum Gasteiger partial charge on any atom is 0.256 e. The molecule has 0 saturated carbocycles. The quantitative estimate of drug-likeness (QED) is 0.740. The van der Waals surface area contributed by atoms with Gasteiger partial charge in [0.25, 0.3) is 5.91 Å². The Morgan fingerprint density at radius 3 is 2.45 bits per heavy atom. The second-order valence-electron chi connectivity index (χ2n) is 4.21. The molecule has 5 heteroatoms. The first-order valence-corrected chi connectivity index (χ1v) is 7.72. The summed E-state index contributed by atoms with van der Waals surface area (Å²) in [7, 11) is 0. The van der Waals surface area contributed by atoms with Crippen molar-refractivity contribution in [3.63, 3.8) is 0 Å². The average Bonchev–Trinajstić information content (AvgIpc) is 2.41. The maximum absolute atomic E-state index is 12.2. The van der Waals surface area contributed by atoms with Crippen molar-refractivity contribution in [1.29, 1.82) is 0 Å². The van der Waals surface area contributed by atoms with E-state index in [0.29, 0.717) is 20.9 Å². The van der Waals surface area contributed by atoms with Crippen molar-refractivity contribution in [1.82, 2.24) is 0 Å². The van der Waals surface area contributed by atoms with Gasteiger partial charge in [0.05, 0.1) is 5.56 Å². The zero-order chi connectivity index (χ0) is 14.5. The normalized spacial score (nSPS) is 10.3. The van der Waals surface area contributed by atoms with Crippen LogP contribution in [0.4, 0.5) is 5.69 Å².